The van der Waals surface area contributed by atoms with Crippen LogP contribution in [0.25, 0.3) is 0 Å². The van der Waals surface area contributed by atoms with E-state index in [1.165, 1.54) is 12.8 Å². The van der Waals surface area contributed by atoms with Gasteiger partial charge in [-0.2, -0.15) is 0 Å². The number of hydrogen-bond donors (Lipinski definition) is 1. The molecule has 21 heavy (non-hydrogen) atoms. The molecule has 0 aliphatic carbocycles. The second-order valence-corrected chi connectivity index (χ2v) is 7.23. The molecule has 118 valence electrons. The van der Waals surface area contributed by atoms with E-state index in [-0.39, 0.29) is 11.4 Å². The molecule has 0 bridgehead atoms. The quantitative estimate of drug-likeness (QED) is 0.844. The third-order valence-electron chi connectivity index (χ3n) is 4.62. The molecule has 2 atom stereocenters. The highest BCUT2D eigenvalue weighted by atomic mass is 79.9. The topological polar surface area (TPSA) is 15.3 Å². The third-order valence-corrected chi connectivity index (χ3v) is 5.36. The van der Waals surface area contributed by atoms with Gasteiger partial charge in [-0.3, -0.25) is 4.90 Å². The summed E-state index contributed by atoms with van der Waals surface area (Å²) in [5.74, 6) is -0.186. The lowest BCUT2D eigenvalue weighted by Gasteiger charge is -2.46. The molecule has 1 saturated heterocycles. The van der Waals surface area contributed by atoms with Crippen molar-refractivity contribution in [1.29, 1.82) is 0 Å². The third kappa shape index (κ3) is 4.27. The van der Waals surface area contributed by atoms with Gasteiger partial charge in [-0.15, -0.1) is 0 Å². The van der Waals surface area contributed by atoms with Crippen LogP contribution in [0.3, 0.4) is 0 Å². The molecule has 1 aromatic carbocycles. The van der Waals surface area contributed by atoms with Crippen LogP contribution in [0.1, 0.15) is 45.6 Å². The molecule has 0 saturated carbocycles. The number of nitrogens with one attached hydrogen (secondary N) is 1. The van der Waals surface area contributed by atoms with Crippen LogP contribution in [0, 0.1) is 5.82 Å². The zero-order valence-electron chi connectivity index (χ0n) is 13.3. The monoisotopic (exact) mass is 356 g/mol. The number of benzene rings is 1. The Balaban J connectivity index is 2.15. The van der Waals surface area contributed by atoms with Crippen LogP contribution in [0.5, 0.6) is 0 Å². The molecular weight excluding hydrogens is 331 g/mol. The molecule has 2 unspecified atom stereocenters. The number of halogens is 2. The van der Waals surface area contributed by atoms with Crippen LogP contribution < -0.4 is 5.32 Å². The molecule has 1 N–H and O–H groups in total. The van der Waals surface area contributed by atoms with Crippen molar-refractivity contribution in [3.8, 4) is 0 Å². The molecule has 1 heterocycles. The first-order chi connectivity index (χ1) is 9.97. The van der Waals surface area contributed by atoms with E-state index in [4.69, 9.17) is 0 Å². The van der Waals surface area contributed by atoms with Crippen LogP contribution in [0.15, 0.2) is 22.7 Å². The Morgan fingerprint density at radius 1 is 1.43 bits per heavy atom. The predicted molar refractivity (Wildman–Crippen MR) is 89.9 cm³/mol. The molecular formula is C17H26BrFN2. The SMILES string of the molecule is CCCC1CNC(C)(CC)CN1Cc1ccc(F)cc1Br. The van der Waals surface area contributed by atoms with E-state index < -0.39 is 0 Å². The number of rotatable bonds is 5. The Morgan fingerprint density at radius 3 is 2.81 bits per heavy atom. The lowest BCUT2D eigenvalue weighted by Crippen LogP contribution is -2.62. The second-order valence-electron chi connectivity index (χ2n) is 6.38. The van der Waals surface area contributed by atoms with Crippen LogP contribution in [-0.2, 0) is 6.54 Å². The van der Waals surface area contributed by atoms with Crippen molar-refractivity contribution in [3.63, 3.8) is 0 Å². The maximum Gasteiger partial charge on any atom is 0.124 e. The van der Waals surface area contributed by atoms with Crippen molar-refractivity contribution in [2.75, 3.05) is 13.1 Å². The molecule has 1 aliphatic heterocycles. The highest BCUT2D eigenvalue weighted by Crippen LogP contribution is 2.26. The van der Waals surface area contributed by atoms with Gasteiger partial charge in [0.15, 0.2) is 0 Å². The molecule has 0 radical (unpaired) electrons. The number of nitrogens with zero attached hydrogens (tertiary/aromatic N) is 1. The van der Waals surface area contributed by atoms with Gasteiger partial charge in [0.1, 0.15) is 5.82 Å². The average molecular weight is 357 g/mol. The first-order valence-corrected chi connectivity index (χ1v) is 8.69. The Hall–Kier alpha value is -0.450. The molecule has 1 aromatic rings. The maximum atomic E-state index is 13.2. The number of piperazine rings is 1. The summed E-state index contributed by atoms with van der Waals surface area (Å²) in [5.41, 5.74) is 1.34. The normalized spacial score (nSPS) is 27.0. The second kappa shape index (κ2) is 7.21. The van der Waals surface area contributed by atoms with Crippen LogP contribution in [-0.4, -0.2) is 29.6 Å². The molecule has 0 amide bonds. The van der Waals surface area contributed by atoms with Crippen LogP contribution in [0.4, 0.5) is 4.39 Å². The van der Waals surface area contributed by atoms with E-state index in [0.29, 0.717) is 6.04 Å². The molecule has 2 nitrogen and oxygen atoms in total. The first kappa shape index (κ1) is 16.9. The zero-order valence-corrected chi connectivity index (χ0v) is 14.8. The fourth-order valence-corrected chi connectivity index (χ4v) is 3.51. The van der Waals surface area contributed by atoms with E-state index >= 15 is 0 Å². The van der Waals surface area contributed by atoms with Gasteiger partial charge in [0, 0.05) is 35.7 Å². The van der Waals surface area contributed by atoms with Crippen molar-refractivity contribution in [2.24, 2.45) is 0 Å². The summed E-state index contributed by atoms with van der Waals surface area (Å²) in [6.45, 7) is 9.72. The van der Waals surface area contributed by atoms with Crippen molar-refractivity contribution < 1.29 is 4.39 Å². The Bertz CT molecular complexity index is 480. The number of hydrogen-bond acceptors (Lipinski definition) is 2. The minimum Gasteiger partial charge on any atom is -0.309 e. The van der Waals surface area contributed by atoms with E-state index in [1.807, 2.05) is 6.07 Å². The molecule has 0 aromatic heterocycles. The summed E-state index contributed by atoms with van der Waals surface area (Å²) >= 11 is 3.50. The van der Waals surface area contributed by atoms with Gasteiger partial charge >= 0.3 is 0 Å². The van der Waals surface area contributed by atoms with E-state index in [0.717, 1.165) is 36.1 Å². The zero-order chi connectivity index (χ0) is 15.5. The summed E-state index contributed by atoms with van der Waals surface area (Å²) in [6.07, 6.45) is 3.51. The van der Waals surface area contributed by atoms with Crippen LogP contribution in [0.2, 0.25) is 0 Å². The fraction of sp³-hybridized carbons (Fsp3) is 0.647. The first-order valence-electron chi connectivity index (χ1n) is 7.90. The fourth-order valence-electron chi connectivity index (χ4n) is 3.03. The van der Waals surface area contributed by atoms with Gasteiger partial charge < -0.3 is 5.32 Å². The highest BCUT2D eigenvalue weighted by molar-refractivity contribution is 9.10. The predicted octanol–water partition coefficient (Wildman–Crippen LogP) is 4.33. The van der Waals surface area contributed by atoms with Gasteiger partial charge in [-0.05, 0) is 37.5 Å². The Labute approximate surface area is 136 Å². The van der Waals surface area contributed by atoms with Crippen molar-refractivity contribution in [2.45, 2.75) is 58.2 Å². The van der Waals surface area contributed by atoms with Crippen molar-refractivity contribution in [3.05, 3.63) is 34.1 Å². The minimum absolute atomic E-state index is 0.177. The summed E-state index contributed by atoms with van der Waals surface area (Å²) < 4.78 is 14.1. The van der Waals surface area contributed by atoms with Crippen molar-refractivity contribution in [1.82, 2.24) is 10.2 Å². The summed E-state index contributed by atoms with van der Waals surface area (Å²) in [5, 5.41) is 3.71. The Kier molecular flexibility index (Phi) is 5.81. The minimum atomic E-state index is -0.186. The van der Waals surface area contributed by atoms with Gasteiger partial charge in [0.25, 0.3) is 0 Å². The van der Waals surface area contributed by atoms with E-state index in [9.17, 15) is 4.39 Å². The standard InChI is InChI=1S/C17H26BrFN2/c1-4-6-15-10-20-17(3,5-2)12-21(15)11-13-7-8-14(19)9-16(13)18/h7-9,15,20H,4-6,10-12H2,1-3H3. The Morgan fingerprint density at radius 2 is 2.19 bits per heavy atom. The molecule has 1 aliphatic rings. The van der Waals surface area contributed by atoms with Gasteiger partial charge in [-0.1, -0.05) is 42.3 Å². The lowest BCUT2D eigenvalue weighted by molar-refractivity contribution is 0.0724. The summed E-state index contributed by atoms with van der Waals surface area (Å²) in [4.78, 5) is 2.56. The van der Waals surface area contributed by atoms with Crippen LogP contribution >= 0.6 is 15.9 Å². The van der Waals surface area contributed by atoms with Gasteiger partial charge in [0.05, 0.1) is 0 Å². The summed E-state index contributed by atoms with van der Waals surface area (Å²) in [7, 11) is 0. The summed E-state index contributed by atoms with van der Waals surface area (Å²) in [6, 6.07) is 5.57. The van der Waals surface area contributed by atoms with E-state index in [2.05, 4.69) is 46.9 Å². The molecule has 0 spiro atoms. The smallest absolute Gasteiger partial charge is 0.124 e. The highest BCUT2D eigenvalue weighted by Gasteiger charge is 2.34. The van der Waals surface area contributed by atoms with E-state index in [1.54, 1.807) is 12.1 Å². The maximum absolute atomic E-state index is 13.2. The van der Waals surface area contributed by atoms with Gasteiger partial charge in [-0.25, -0.2) is 4.39 Å². The molecule has 1 fully saturated rings. The molecule has 4 heteroatoms. The molecule has 2 rings (SSSR count). The lowest BCUT2D eigenvalue weighted by atomic mass is 9.92. The van der Waals surface area contributed by atoms with Crippen molar-refractivity contribution >= 4 is 15.9 Å². The average Bonchev–Trinajstić information content (AvgIpc) is 2.45. The van der Waals surface area contributed by atoms with Gasteiger partial charge in [0.2, 0.25) is 0 Å². The largest absolute Gasteiger partial charge is 0.309 e.